The van der Waals surface area contributed by atoms with Crippen LogP contribution >= 0.6 is 11.3 Å². The second kappa shape index (κ2) is 9.12. The molecule has 0 radical (unpaired) electrons. The molecule has 4 aromatic rings. The van der Waals surface area contributed by atoms with E-state index in [1.165, 1.54) is 23.5 Å². The molecule has 0 saturated heterocycles. The first-order chi connectivity index (χ1) is 14.3. The van der Waals surface area contributed by atoms with Gasteiger partial charge in [-0.3, -0.25) is 5.43 Å². The minimum Gasteiger partial charge on any atom is -0.489 e. The number of halogens is 1. The van der Waals surface area contributed by atoms with Gasteiger partial charge in [0.1, 0.15) is 18.2 Å². The maximum atomic E-state index is 13.0. The fourth-order valence-electron chi connectivity index (χ4n) is 2.69. The number of ether oxygens (including phenoxy) is 1. The molecule has 3 aromatic carbocycles. The minimum absolute atomic E-state index is 0.279. The van der Waals surface area contributed by atoms with Crippen LogP contribution in [-0.2, 0) is 6.61 Å². The van der Waals surface area contributed by atoms with E-state index in [2.05, 4.69) is 15.5 Å². The average molecular weight is 403 g/mol. The van der Waals surface area contributed by atoms with E-state index in [0.717, 1.165) is 27.5 Å². The van der Waals surface area contributed by atoms with Crippen LogP contribution in [0.2, 0.25) is 0 Å². The van der Waals surface area contributed by atoms with E-state index in [4.69, 9.17) is 4.74 Å². The van der Waals surface area contributed by atoms with Gasteiger partial charge in [-0.1, -0.05) is 48.5 Å². The van der Waals surface area contributed by atoms with Crippen LogP contribution in [0.3, 0.4) is 0 Å². The molecule has 0 spiro atoms. The van der Waals surface area contributed by atoms with Crippen molar-refractivity contribution in [2.24, 2.45) is 5.10 Å². The second-order valence-corrected chi connectivity index (χ2v) is 7.12. The SMILES string of the molecule is Fc1ccc(OCc2cccc(C=NNc3nc(-c4ccccc4)cs3)c2)cc1. The number of nitrogens with one attached hydrogen (secondary N) is 1. The van der Waals surface area contributed by atoms with Crippen molar-refractivity contribution in [3.05, 3.63) is 101 Å². The van der Waals surface area contributed by atoms with Crippen LogP contribution in [0.4, 0.5) is 9.52 Å². The van der Waals surface area contributed by atoms with Crippen molar-refractivity contribution >= 4 is 22.7 Å². The molecule has 1 aromatic heterocycles. The van der Waals surface area contributed by atoms with Gasteiger partial charge in [-0.15, -0.1) is 11.3 Å². The molecule has 0 aliphatic heterocycles. The predicted molar refractivity (Wildman–Crippen MR) is 116 cm³/mol. The Kier molecular flexibility index (Phi) is 5.92. The Morgan fingerprint density at radius 1 is 1.00 bits per heavy atom. The summed E-state index contributed by atoms with van der Waals surface area (Å²) in [5, 5.41) is 7.01. The largest absolute Gasteiger partial charge is 0.489 e. The molecule has 29 heavy (non-hydrogen) atoms. The average Bonchev–Trinajstić information content (AvgIpc) is 3.23. The van der Waals surface area contributed by atoms with Gasteiger partial charge in [0.05, 0.1) is 11.9 Å². The maximum absolute atomic E-state index is 13.0. The molecule has 0 unspecified atom stereocenters. The standard InChI is InChI=1S/C23H18FN3OS/c24-20-9-11-21(12-10-20)28-15-18-6-4-5-17(13-18)14-25-27-23-26-22(16-29-23)19-7-2-1-3-8-19/h1-14,16H,15H2,(H,26,27). The highest BCUT2D eigenvalue weighted by molar-refractivity contribution is 7.14. The molecular weight excluding hydrogens is 385 g/mol. The lowest BCUT2D eigenvalue weighted by molar-refractivity contribution is 0.305. The van der Waals surface area contributed by atoms with E-state index in [-0.39, 0.29) is 5.82 Å². The van der Waals surface area contributed by atoms with Gasteiger partial charge in [-0.05, 0) is 41.5 Å². The molecule has 0 aliphatic carbocycles. The molecule has 4 nitrogen and oxygen atoms in total. The number of hydrogen-bond donors (Lipinski definition) is 1. The normalized spacial score (nSPS) is 10.9. The Morgan fingerprint density at radius 3 is 2.66 bits per heavy atom. The van der Waals surface area contributed by atoms with Crippen molar-refractivity contribution < 1.29 is 9.13 Å². The lowest BCUT2D eigenvalue weighted by Gasteiger charge is -2.06. The molecule has 144 valence electrons. The molecule has 0 amide bonds. The van der Waals surface area contributed by atoms with E-state index in [1.54, 1.807) is 18.3 Å². The van der Waals surface area contributed by atoms with Crippen LogP contribution in [0.5, 0.6) is 5.75 Å². The molecule has 0 aliphatic rings. The van der Waals surface area contributed by atoms with Crippen LogP contribution in [0.25, 0.3) is 11.3 Å². The van der Waals surface area contributed by atoms with Gasteiger partial charge in [0, 0.05) is 10.9 Å². The highest BCUT2D eigenvalue weighted by Crippen LogP contribution is 2.24. The summed E-state index contributed by atoms with van der Waals surface area (Å²) in [6.07, 6.45) is 1.74. The summed E-state index contributed by atoms with van der Waals surface area (Å²) in [7, 11) is 0. The zero-order valence-corrected chi connectivity index (χ0v) is 16.3. The topological polar surface area (TPSA) is 46.5 Å². The number of nitrogens with zero attached hydrogens (tertiary/aromatic N) is 2. The molecule has 1 heterocycles. The van der Waals surface area contributed by atoms with Gasteiger partial charge in [0.25, 0.3) is 0 Å². The number of thiazole rings is 1. The van der Waals surface area contributed by atoms with Crippen molar-refractivity contribution in [2.75, 3.05) is 5.43 Å². The van der Waals surface area contributed by atoms with E-state index in [9.17, 15) is 4.39 Å². The first-order valence-corrected chi connectivity index (χ1v) is 9.91. The third-order valence-corrected chi connectivity index (χ3v) is 4.86. The third kappa shape index (κ3) is 5.27. The smallest absolute Gasteiger partial charge is 0.203 e. The van der Waals surface area contributed by atoms with Gasteiger partial charge in [-0.25, -0.2) is 9.37 Å². The second-order valence-electron chi connectivity index (χ2n) is 6.26. The van der Waals surface area contributed by atoms with Crippen LogP contribution in [0.1, 0.15) is 11.1 Å². The molecule has 6 heteroatoms. The minimum atomic E-state index is -0.279. The van der Waals surface area contributed by atoms with Crippen LogP contribution < -0.4 is 10.2 Å². The van der Waals surface area contributed by atoms with Crippen LogP contribution in [-0.4, -0.2) is 11.2 Å². The van der Waals surface area contributed by atoms with E-state index in [1.807, 2.05) is 60.0 Å². The summed E-state index contributed by atoms with van der Waals surface area (Å²) in [4.78, 5) is 4.55. The molecular formula is C23H18FN3OS. The zero-order chi connectivity index (χ0) is 19.9. The Hall–Kier alpha value is -3.51. The lowest BCUT2D eigenvalue weighted by Crippen LogP contribution is -1.97. The Labute approximate surface area is 172 Å². The van der Waals surface area contributed by atoms with Gasteiger partial charge in [0.15, 0.2) is 0 Å². The zero-order valence-electron chi connectivity index (χ0n) is 15.5. The van der Waals surface area contributed by atoms with Crippen molar-refractivity contribution in [1.82, 2.24) is 4.98 Å². The molecule has 0 atom stereocenters. The number of benzene rings is 3. The molecule has 0 saturated carbocycles. The number of rotatable bonds is 7. The Balaban J connectivity index is 1.35. The number of hydrogen-bond acceptors (Lipinski definition) is 5. The highest BCUT2D eigenvalue weighted by atomic mass is 32.1. The first-order valence-electron chi connectivity index (χ1n) is 9.03. The number of hydrazone groups is 1. The van der Waals surface area contributed by atoms with Crippen molar-refractivity contribution in [1.29, 1.82) is 0 Å². The van der Waals surface area contributed by atoms with Crippen molar-refractivity contribution in [3.63, 3.8) is 0 Å². The summed E-state index contributed by atoms with van der Waals surface area (Å²) in [5.74, 6) is 0.351. The molecule has 1 N–H and O–H groups in total. The highest BCUT2D eigenvalue weighted by Gasteiger charge is 2.03. The molecule has 0 fully saturated rings. The molecule has 4 rings (SSSR count). The number of anilines is 1. The summed E-state index contributed by atoms with van der Waals surface area (Å²) in [6.45, 7) is 0.396. The monoisotopic (exact) mass is 403 g/mol. The van der Waals surface area contributed by atoms with E-state index >= 15 is 0 Å². The summed E-state index contributed by atoms with van der Waals surface area (Å²) < 4.78 is 18.6. The summed E-state index contributed by atoms with van der Waals surface area (Å²) in [5.41, 5.74) is 6.92. The molecule has 0 bridgehead atoms. The van der Waals surface area contributed by atoms with Gasteiger partial charge in [-0.2, -0.15) is 5.10 Å². The third-order valence-electron chi connectivity index (χ3n) is 4.12. The fourth-order valence-corrected chi connectivity index (χ4v) is 3.36. The van der Waals surface area contributed by atoms with Crippen molar-refractivity contribution in [2.45, 2.75) is 6.61 Å². The number of aromatic nitrogens is 1. The Bertz CT molecular complexity index is 1090. The Morgan fingerprint density at radius 2 is 1.83 bits per heavy atom. The summed E-state index contributed by atoms with van der Waals surface area (Å²) >= 11 is 1.51. The van der Waals surface area contributed by atoms with E-state index < -0.39 is 0 Å². The maximum Gasteiger partial charge on any atom is 0.203 e. The first kappa shape index (κ1) is 18.8. The fraction of sp³-hybridized carbons (Fsp3) is 0.0435. The predicted octanol–water partition coefficient (Wildman–Crippen LogP) is 5.97. The lowest BCUT2D eigenvalue weighted by atomic mass is 10.1. The van der Waals surface area contributed by atoms with E-state index in [0.29, 0.717) is 12.4 Å². The summed E-state index contributed by atoms with van der Waals surface area (Å²) in [6, 6.07) is 23.9. The van der Waals surface area contributed by atoms with Crippen LogP contribution in [0, 0.1) is 5.82 Å². The van der Waals surface area contributed by atoms with Crippen LogP contribution in [0.15, 0.2) is 89.3 Å². The van der Waals surface area contributed by atoms with Gasteiger partial charge in [0.2, 0.25) is 5.13 Å². The quantitative estimate of drug-likeness (QED) is 0.305. The van der Waals surface area contributed by atoms with Gasteiger partial charge < -0.3 is 4.74 Å². The van der Waals surface area contributed by atoms with Gasteiger partial charge >= 0.3 is 0 Å². The van der Waals surface area contributed by atoms with Crippen molar-refractivity contribution in [3.8, 4) is 17.0 Å².